The van der Waals surface area contributed by atoms with Crippen LogP contribution in [0.15, 0.2) is 48.3 Å². The van der Waals surface area contributed by atoms with Gasteiger partial charge >= 0.3 is 0 Å². The van der Waals surface area contributed by atoms with Gasteiger partial charge in [-0.3, -0.25) is 9.98 Å². The molecule has 188 valence electrons. The fraction of sp³-hybridized carbons (Fsp3) is 0.571. The van der Waals surface area contributed by atoms with Crippen molar-refractivity contribution in [2.24, 2.45) is 10.7 Å². The summed E-state index contributed by atoms with van der Waals surface area (Å²) in [6.07, 6.45) is 14.2. The van der Waals surface area contributed by atoms with Crippen LogP contribution in [0.25, 0.3) is 11.3 Å². The van der Waals surface area contributed by atoms with E-state index in [-0.39, 0.29) is 0 Å². The molecule has 0 spiro atoms. The number of allylic oxidation sites excluding steroid dienone is 3. The summed E-state index contributed by atoms with van der Waals surface area (Å²) < 4.78 is 0. The monoisotopic (exact) mass is 457 g/mol. The van der Waals surface area contributed by atoms with Crippen LogP contribution in [0.2, 0.25) is 0 Å². The van der Waals surface area contributed by atoms with Gasteiger partial charge in [-0.25, -0.2) is 0 Å². The van der Waals surface area contributed by atoms with E-state index in [0.29, 0.717) is 0 Å². The van der Waals surface area contributed by atoms with Gasteiger partial charge in [-0.05, 0) is 83.8 Å². The van der Waals surface area contributed by atoms with Crippen molar-refractivity contribution in [3.05, 3.63) is 54.5 Å². The number of rotatable bonds is 10. The Kier molecular flexibility index (Phi) is 22.9. The average Bonchev–Trinajstić information content (AvgIpc) is 2.85. The van der Waals surface area contributed by atoms with E-state index in [1.165, 1.54) is 57.9 Å². The number of nitrogens with zero attached hydrogens (tertiary/aromatic N) is 3. The summed E-state index contributed by atoms with van der Waals surface area (Å²) in [7, 11) is 5.25. The zero-order valence-corrected chi connectivity index (χ0v) is 22.6. The molecule has 3 N–H and O–H groups in total. The highest BCUT2D eigenvalue weighted by atomic mass is 15.1. The zero-order chi connectivity index (χ0) is 25.5. The molecule has 0 saturated heterocycles. The lowest BCUT2D eigenvalue weighted by Gasteiger charge is -2.25. The Hall–Kier alpha value is -2.24. The number of hydrogen-bond acceptors (Lipinski definition) is 5. The van der Waals surface area contributed by atoms with E-state index >= 15 is 0 Å². The predicted octanol–water partition coefficient (Wildman–Crippen LogP) is 6.54. The lowest BCUT2D eigenvalue weighted by Crippen LogP contribution is -2.24. The van der Waals surface area contributed by atoms with Crippen LogP contribution in [0.3, 0.4) is 0 Å². The summed E-state index contributed by atoms with van der Waals surface area (Å²) in [6, 6.07) is 4.04. The highest BCUT2D eigenvalue weighted by Gasteiger charge is 2.05. The van der Waals surface area contributed by atoms with Gasteiger partial charge in [0.05, 0.1) is 11.4 Å². The highest BCUT2D eigenvalue weighted by molar-refractivity contribution is 5.75. The second-order valence-corrected chi connectivity index (χ2v) is 7.85. The van der Waals surface area contributed by atoms with Crippen LogP contribution in [0.5, 0.6) is 0 Å². The molecule has 5 nitrogen and oxygen atoms in total. The van der Waals surface area contributed by atoms with Crippen molar-refractivity contribution in [3.8, 4) is 0 Å². The smallest absolute Gasteiger partial charge is 0.0883 e. The molecule has 0 bridgehead atoms. The number of aliphatic imine (C=N–C) groups is 1. The molecule has 1 aliphatic rings. The van der Waals surface area contributed by atoms with E-state index in [0.717, 1.165) is 35.4 Å². The second-order valence-electron chi connectivity index (χ2n) is 7.85. The SMILES string of the molecule is C=C(C)c1ccc(C2=CCCC=N2)nc1.C=C(CCCC)N(CCC)CCC.CN.CNC. The summed E-state index contributed by atoms with van der Waals surface area (Å²) in [4.78, 5) is 11.1. The second kappa shape index (κ2) is 22.9. The van der Waals surface area contributed by atoms with Gasteiger partial charge in [0.2, 0.25) is 0 Å². The quantitative estimate of drug-likeness (QED) is 0.418. The molecule has 5 heteroatoms. The third kappa shape index (κ3) is 16.1. The first kappa shape index (κ1) is 32.9. The maximum Gasteiger partial charge on any atom is 0.0883 e. The highest BCUT2D eigenvalue weighted by Crippen LogP contribution is 2.19. The summed E-state index contributed by atoms with van der Waals surface area (Å²) in [5.74, 6) is 0. The molecule has 0 radical (unpaired) electrons. The van der Waals surface area contributed by atoms with Crippen LogP contribution in [-0.4, -0.2) is 50.3 Å². The standard InChI is InChI=1S/C13H14N2.C12H25N.C2H7N.CH5N/c1-10(2)11-6-7-13(15-9-11)12-5-3-4-8-14-12;1-5-8-9-12(4)13(10-6-2)11-7-3;1-3-2;1-2/h5-9H,1,3-4H2,2H3;4-11H2,1-3H3;3H,1-2H3;2H2,1H3. The molecule has 2 heterocycles. The maximum atomic E-state index is 4.50. The first-order chi connectivity index (χ1) is 15.9. The molecule has 0 amide bonds. The molecule has 33 heavy (non-hydrogen) atoms. The molecule has 0 aromatic carbocycles. The predicted molar refractivity (Wildman–Crippen MR) is 151 cm³/mol. The van der Waals surface area contributed by atoms with E-state index in [1.807, 2.05) is 45.6 Å². The molecule has 2 rings (SSSR count). The lowest BCUT2D eigenvalue weighted by molar-refractivity contribution is 0.332. The van der Waals surface area contributed by atoms with E-state index in [2.05, 4.69) is 65.9 Å². The van der Waals surface area contributed by atoms with E-state index < -0.39 is 0 Å². The minimum atomic E-state index is 0.941. The van der Waals surface area contributed by atoms with Crippen molar-refractivity contribution in [2.45, 2.75) is 72.6 Å². The number of pyridine rings is 1. The number of aromatic nitrogens is 1. The van der Waals surface area contributed by atoms with Gasteiger partial charge in [-0.1, -0.05) is 52.5 Å². The Labute approximate surface area is 205 Å². The fourth-order valence-corrected chi connectivity index (χ4v) is 2.99. The summed E-state index contributed by atoms with van der Waals surface area (Å²) in [5.41, 5.74) is 9.88. The molecule has 0 atom stereocenters. The Morgan fingerprint density at radius 1 is 1.03 bits per heavy atom. The van der Waals surface area contributed by atoms with Crippen molar-refractivity contribution >= 4 is 17.5 Å². The van der Waals surface area contributed by atoms with E-state index in [1.54, 1.807) is 0 Å². The number of hydrogen-bond donors (Lipinski definition) is 2. The van der Waals surface area contributed by atoms with Crippen LogP contribution in [0.4, 0.5) is 0 Å². The summed E-state index contributed by atoms with van der Waals surface area (Å²) >= 11 is 0. The lowest BCUT2D eigenvalue weighted by atomic mass is 10.1. The Bertz CT molecular complexity index is 668. The van der Waals surface area contributed by atoms with Gasteiger partial charge in [0.1, 0.15) is 0 Å². The number of unbranched alkanes of at least 4 members (excludes halogenated alkanes) is 1. The first-order valence-electron chi connectivity index (χ1n) is 12.4. The zero-order valence-electron chi connectivity index (χ0n) is 22.6. The molecule has 0 unspecified atom stereocenters. The van der Waals surface area contributed by atoms with Crippen LogP contribution >= 0.6 is 0 Å². The van der Waals surface area contributed by atoms with Crippen LogP contribution in [0, 0.1) is 0 Å². The topological polar surface area (TPSA) is 66.5 Å². The molecular formula is C28H51N5. The molecule has 1 aromatic heterocycles. The molecule has 0 fully saturated rings. The van der Waals surface area contributed by atoms with Crippen molar-refractivity contribution in [3.63, 3.8) is 0 Å². The maximum absolute atomic E-state index is 4.50. The van der Waals surface area contributed by atoms with Gasteiger partial charge < -0.3 is 16.0 Å². The van der Waals surface area contributed by atoms with Gasteiger partial charge in [0, 0.05) is 31.2 Å². The summed E-state index contributed by atoms with van der Waals surface area (Å²) in [6.45, 7) is 19.1. The number of nitrogens with two attached hydrogens (primary N) is 1. The van der Waals surface area contributed by atoms with Crippen LogP contribution in [0.1, 0.15) is 83.9 Å². The molecular weight excluding hydrogens is 406 g/mol. The van der Waals surface area contributed by atoms with Gasteiger partial charge in [-0.15, -0.1) is 0 Å². The third-order valence-corrected chi connectivity index (χ3v) is 4.64. The van der Waals surface area contributed by atoms with Gasteiger partial charge in [0.25, 0.3) is 0 Å². The minimum absolute atomic E-state index is 0.941. The first-order valence-corrected chi connectivity index (χ1v) is 12.4. The van der Waals surface area contributed by atoms with Gasteiger partial charge in [0.15, 0.2) is 0 Å². The normalized spacial score (nSPS) is 11.5. The van der Waals surface area contributed by atoms with Gasteiger partial charge in [-0.2, -0.15) is 0 Å². The van der Waals surface area contributed by atoms with Crippen molar-refractivity contribution < 1.29 is 0 Å². The largest absolute Gasteiger partial charge is 0.375 e. The Balaban J connectivity index is 0. The number of nitrogens with one attached hydrogen (secondary N) is 1. The third-order valence-electron chi connectivity index (χ3n) is 4.64. The molecule has 0 aliphatic carbocycles. The Morgan fingerprint density at radius 3 is 2.03 bits per heavy atom. The minimum Gasteiger partial charge on any atom is -0.375 e. The van der Waals surface area contributed by atoms with Crippen molar-refractivity contribution in [1.82, 2.24) is 15.2 Å². The van der Waals surface area contributed by atoms with E-state index in [9.17, 15) is 0 Å². The molecule has 1 aromatic rings. The Morgan fingerprint density at radius 2 is 1.64 bits per heavy atom. The van der Waals surface area contributed by atoms with Crippen molar-refractivity contribution in [2.75, 3.05) is 34.2 Å². The molecule has 0 saturated carbocycles. The summed E-state index contributed by atoms with van der Waals surface area (Å²) in [5, 5.41) is 2.75. The van der Waals surface area contributed by atoms with Crippen LogP contribution in [-0.2, 0) is 0 Å². The van der Waals surface area contributed by atoms with Crippen LogP contribution < -0.4 is 11.1 Å². The van der Waals surface area contributed by atoms with Crippen molar-refractivity contribution in [1.29, 1.82) is 0 Å². The molecule has 1 aliphatic heterocycles. The average molecular weight is 458 g/mol. The fourth-order valence-electron chi connectivity index (χ4n) is 2.99. The van der Waals surface area contributed by atoms with E-state index in [4.69, 9.17) is 0 Å².